The molecule has 1 aromatic rings. The zero-order valence-corrected chi connectivity index (χ0v) is 9.68. The Bertz CT molecular complexity index is 420. The number of rotatable bonds is 5. The van der Waals surface area contributed by atoms with Crippen LogP contribution in [0.2, 0.25) is 0 Å². The molecule has 16 heavy (non-hydrogen) atoms. The van der Waals surface area contributed by atoms with Crippen LogP contribution in [0.15, 0.2) is 30.3 Å². The predicted molar refractivity (Wildman–Crippen MR) is 61.9 cm³/mol. The van der Waals surface area contributed by atoms with Gasteiger partial charge in [0, 0.05) is 0 Å². The van der Waals surface area contributed by atoms with Crippen LogP contribution >= 0.6 is 0 Å². The van der Waals surface area contributed by atoms with Gasteiger partial charge < -0.3 is 10.0 Å². The van der Waals surface area contributed by atoms with Crippen molar-refractivity contribution in [2.45, 2.75) is 18.6 Å². The zero-order valence-electron chi connectivity index (χ0n) is 8.87. The van der Waals surface area contributed by atoms with E-state index in [4.69, 9.17) is 10.0 Å². The lowest BCUT2D eigenvalue weighted by atomic mass is 9.82. The van der Waals surface area contributed by atoms with E-state index >= 15 is 0 Å². The molecule has 0 saturated carbocycles. The Labute approximate surface area is 95.3 Å². The Morgan fingerprint density at radius 1 is 1.31 bits per heavy atom. The summed E-state index contributed by atoms with van der Waals surface area (Å²) in [6.45, 7) is 1.38. The van der Waals surface area contributed by atoms with E-state index in [9.17, 15) is 8.42 Å². The number of benzene rings is 1. The van der Waals surface area contributed by atoms with Crippen LogP contribution in [0.4, 0.5) is 0 Å². The van der Waals surface area contributed by atoms with Crippen molar-refractivity contribution in [3.05, 3.63) is 35.9 Å². The second kappa shape index (κ2) is 5.45. The van der Waals surface area contributed by atoms with E-state index in [0.29, 0.717) is 5.56 Å². The fourth-order valence-corrected chi connectivity index (χ4v) is 2.58. The van der Waals surface area contributed by atoms with Gasteiger partial charge in [-0.1, -0.05) is 37.3 Å². The third-order valence-electron chi connectivity index (χ3n) is 2.01. The van der Waals surface area contributed by atoms with Crippen LogP contribution in [-0.2, 0) is 15.8 Å². The largest absolute Gasteiger partial charge is 0.470 e. The first kappa shape index (κ1) is 13.2. The highest BCUT2D eigenvalue weighted by Crippen LogP contribution is 2.04. The fraction of sp³-hybridized carbons (Fsp3) is 0.333. The Morgan fingerprint density at radius 2 is 1.88 bits per heavy atom. The molecule has 0 aliphatic heterocycles. The summed E-state index contributed by atoms with van der Waals surface area (Å²) in [6, 6.07) is 8.67. The number of hydrogen-bond acceptors (Lipinski definition) is 4. The van der Waals surface area contributed by atoms with Gasteiger partial charge in [-0.05, 0) is 5.56 Å². The molecule has 0 saturated heterocycles. The molecular weight excluding hydrogens is 229 g/mol. The molecular formula is C9H14BNO4S. The Kier molecular flexibility index (Phi) is 4.49. The molecule has 5 nitrogen and oxygen atoms in total. The highest BCUT2D eigenvalue weighted by molar-refractivity contribution is 7.88. The number of nitrogens with one attached hydrogen (secondary N) is 1. The minimum absolute atomic E-state index is 0.176. The molecule has 0 amide bonds. The van der Waals surface area contributed by atoms with Crippen molar-refractivity contribution in [2.24, 2.45) is 0 Å². The Hall–Kier alpha value is -0.885. The molecule has 0 aromatic heterocycles. The van der Waals surface area contributed by atoms with Gasteiger partial charge >= 0.3 is 7.12 Å². The average Bonchev–Trinajstić information content (AvgIpc) is 2.17. The van der Waals surface area contributed by atoms with E-state index in [0.717, 1.165) is 0 Å². The summed E-state index contributed by atoms with van der Waals surface area (Å²) in [7, 11) is -5.25. The van der Waals surface area contributed by atoms with Crippen molar-refractivity contribution in [2.75, 3.05) is 0 Å². The van der Waals surface area contributed by atoms with Gasteiger partial charge in [0.1, 0.15) is 0 Å². The van der Waals surface area contributed by atoms with Crippen molar-refractivity contribution in [1.29, 1.82) is 0 Å². The van der Waals surface area contributed by atoms with Gasteiger partial charge in [-0.25, -0.2) is 13.1 Å². The zero-order chi connectivity index (χ0) is 12.2. The highest BCUT2D eigenvalue weighted by Gasteiger charge is 2.23. The van der Waals surface area contributed by atoms with Crippen LogP contribution in [0.5, 0.6) is 0 Å². The molecule has 1 unspecified atom stereocenters. The summed E-state index contributed by atoms with van der Waals surface area (Å²) >= 11 is 0. The van der Waals surface area contributed by atoms with Crippen molar-refractivity contribution in [3.63, 3.8) is 0 Å². The van der Waals surface area contributed by atoms with E-state index in [-0.39, 0.29) is 5.75 Å². The van der Waals surface area contributed by atoms with Crippen molar-refractivity contribution >= 4 is 17.1 Å². The number of sulfonamides is 1. The summed E-state index contributed by atoms with van der Waals surface area (Å²) < 4.78 is 25.3. The lowest BCUT2D eigenvalue weighted by Crippen LogP contribution is -2.44. The van der Waals surface area contributed by atoms with Crippen LogP contribution in [0.3, 0.4) is 0 Å². The maximum absolute atomic E-state index is 11.6. The molecule has 88 valence electrons. The van der Waals surface area contributed by atoms with Crippen LogP contribution in [0.1, 0.15) is 12.5 Å². The lowest BCUT2D eigenvalue weighted by molar-refractivity contribution is 0.385. The Morgan fingerprint density at radius 3 is 2.38 bits per heavy atom. The second-order valence-corrected chi connectivity index (χ2v) is 5.32. The Balaban J connectivity index is 2.66. The topological polar surface area (TPSA) is 86.6 Å². The van der Waals surface area contributed by atoms with Gasteiger partial charge in [0.05, 0.1) is 11.7 Å². The standard InChI is InChI=1S/C9H14BNO4S/c1-8(10(12)13)11-16(14,15)7-9-5-3-2-4-6-9/h2-6,8,11-13H,7H2,1H3. The summed E-state index contributed by atoms with van der Waals surface area (Å²) in [6.07, 6.45) is 0. The van der Waals surface area contributed by atoms with Gasteiger partial charge in [0.15, 0.2) is 0 Å². The molecule has 0 aliphatic rings. The first-order chi connectivity index (χ1) is 7.41. The highest BCUT2D eigenvalue weighted by atomic mass is 32.2. The van der Waals surface area contributed by atoms with Crippen molar-refractivity contribution < 1.29 is 18.5 Å². The smallest absolute Gasteiger partial charge is 0.426 e. The van der Waals surface area contributed by atoms with Gasteiger partial charge in [0.2, 0.25) is 10.0 Å². The SMILES string of the molecule is CC(NS(=O)(=O)Cc1ccccc1)B(O)O. The summed E-state index contributed by atoms with van der Waals surface area (Å²) in [5.41, 5.74) is 0.648. The lowest BCUT2D eigenvalue weighted by Gasteiger charge is -2.12. The molecule has 0 spiro atoms. The maximum Gasteiger partial charge on any atom is 0.470 e. The van der Waals surface area contributed by atoms with Crippen molar-refractivity contribution in [1.82, 2.24) is 4.72 Å². The monoisotopic (exact) mass is 243 g/mol. The van der Waals surface area contributed by atoms with E-state index in [2.05, 4.69) is 4.72 Å². The van der Waals surface area contributed by atoms with E-state index in [1.807, 2.05) is 0 Å². The minimum Gasteiger partial charge on any atom is -0.426 e. The molecule has 1 aromatic carbocycles. The van der Waals surface area contributed by atoms with E-state index in [1.54, 1.807) is 30.3 Å². The molecule has 0 bridgehead atoms. The molecule has 3 N–H and O–H groups in total. The normalized spacial score (nSPS) is 13.4. The molecule has 0 aliphatic carbocycles. The molecule has 7 heteroatoms. The van der Waals surface area contributed by atoms with E-state index in [1.165, 1.54) is 6.92 Å². The summed E-state index contributed by atoms with van der Waals surface area (Å²) in [5.74, 6) is -1.10. The molecule has 0 heterocycles. The van der Waals surface area contributed by atoms with Gasteiger partial charge in [0.25, 0.3) is 0 Å². The van der Waals surface area contributed by atoms with Crippen LogP contribution < -0.4 is 4.72 Å². The van der Waals surface area contributed by atoms with E-state index < -0.39 is 23.1 Å². The first-order valence-corrected chi connectivity index (χ1v) is 6.46. The van der Waals surface area contributed by atoms with Gasteiger partial charge in [-0.3, -0.25) is 0 Å². The quantitative estimate of drug-likeness (QED) is 0.609. The van der Waals surface area contributed by atoms with Gasteiger partial charge in [-0.15, -0.1) is 0 Å². The third kappa shape index (κ3) is 4.32. The first-order valence-electron chi connectivity index (χ1n) is 4.81. The minimum atomic E-state index is -3.55. The fourth-order valence-electron chi connectivity index (χ4n) is 1.18. The maximum atomic E-state index is 11.6. The van der Waals surface area contributed by atoms with Crippen LogP contribution in [0, 0.1) is 0 Å². The summed E-state index contributed by atoms with van der Waals surface area (Å²) in [4.78, 5) is 0. The van der Waals surface area contributed by atoms with Gasteiger partial charge in [-0.2, -0.15) is 0 Å². The molecule has 0 radical (unpaired) electrons. The molecule has 1 atom stereocenters. The molecule has 0 fully saturated rings. The van der Waals surface area contributed by atoms with Crippen molar-refractivity contribution in [3.8, 4) is 0 Å². The number of hydrogen-bond donors (Lipinski definition) is 3. The van der Waals surface area contributed by atoms with Crippen LogP contribution in [0.25, 0.3) is 0 Å². The molecule has 1 rings (SSSR count). The summed E-state index contributed by atoms with van der Waals surface area (Å²) in [5, 5.41) is 17.6. The predicted octanol–water partition coefficient (Wildman–Crippen LogP) is -0.494. The second-order valence-electron chi connectivity index (χ2n) is 3.56. The third-order valence-corrected chi connectivity index (χ3v) is 3.46. The van der Waals surface area contributed by atoms with Crippen LogP contribution in [-0.4, -0.2) is 31.5 Å². The average molecular weight is 243 g/mol.